The molecule has 1 aromatic heterocycles. The predicted molar refractivity (Wildman–Crippen MR) is 124 cm³/mol. The summed E-state index contributed by atoms with van der Waals surface area (Å²) < 4.78 is 32.8. The summed E-state index contributed by atoms with van der Waals surface area (Å²) in [6.45, 7) is 1.72. The average Bonchev–Trinajstić information content (AvgIpc) is 3.23. The maximum absolute atomic E-state index is 13.2. The molecular weight excluding hydrogens is 426 g/mol. The van der Waals surface area contributed by atoms with Gasteiger partial charge in [-0.3, -0.25) is 4.79 Å². The lowest BCUT2D eigenvalue weighted by Crippen LogP contribution is -2.19. The van der Waals surface area contributed by atoms with Gasteiger partial charge in [0.15, 0.2) is 0 Å². The number of carbonyl (C=O) groups excluding carboxylic acids is 1. The molecule has 7 nitrogen and oxygen atoms in total. The Morgan fingerprint density at radius 3 is 2.28 bits per heavy atom. The van der Waals surface area contributed by atoms with E-state index in [9.17, 15) is 13.2 Å². The van der Waals surface area contributed by atoms with Crippen molar-refractivity contribution in [2.75, 3.05) is 7.11 Å². The normalized spacial score (nSPS) is 12.0. The zero-order valence-electron chi connectivity index (χ0n) is 17.5. The van der Waals surface area contributed by atoms with Crippen LogP contribution in [-0.4, -0.2) is 31.1 Å². The molecule has 0 radical (unpaired) electrons. The first-order chi connectivity index (χ1) is 15.4. The molecule has 1 amide bonds. The summed E-state index contributed by atoms with van der Waals surface area (Å²) in [6, 6.07) is 22.1. The summed E-state index contributed by atoms with van der Waals surface area (Å²) in [5.41, 5.74) is 4.57. The Morgan fingerprint density at radius 2 is 1.59 bits per heavy atom. The Morgan fingerprint density at radius 1 is 0.938 bits per heavy atom. The lowest BCUT2D eigenvalue weighted by molar-refractivity contribution is 0.0955. The molecule has 0 atom stereocenters. The summed E-state index contributed by atoms with van der Waals surface area (Å²) in [6.07, 6.45) is 1.53. The van der Waals surface area contributed by atoms with Crippen LogP contribution >= 0.6 is 0 Å². The fourth-order valence-corrected chi connectivity index (χ4v) is 4.74. The van der Waals surface area contributed by atoms with Gasteiger partial charge in [-0.2, -0.15) is 5.10 Å². The third-order valence-corrected chi connectivity index (χ3v) is 6.73. The van der Waals surface area contributed by atoms with Gasteiger partial charge >= 0.3 is 0 Å². The minimum atomic E-state index is -3.80. The molecule has 0 saturated heterocycles. The Bertz CT molecular complexity index is 1410. The summed E-state index contributed by atoms with van der Waals surface area (Å²) >= 11 is 0. The molecule has 0 aliphatic carbocycles. The number of aromatic nitrogens is 1. The number of hydrogen-bond donors (Lipinski definition) is 1. The Kier molecular flexibility index (Phi) is 5.79. The quantitative estimate of drug-likeness (QED) is 0.357. The van der Waals surface area contributed by atoms with Crippen molar-refractivity contribution < 1.29 is 17.9 Å². The van der Waals surface area contributed by atoms with E-state index in [-0.39, 0.29) is 10.8 Å². The second-order valence-corrected chi connectivity index (χ2v) is 8.86. The van der Waals surface area contributed by atoms with Gasteiger partial charge in [0.2, 0.25) is 0 Å². The van der Waals surface area contributed by atoms with Crippen LogP contribution in [0.25, 0.3) is 10.9 Å². The van der Waals surface area contributed by atoms with Gasteiger partial charge in [0, 0.05) is 22.7 Å². The molecule has 3 aromatic carbocycles. The molecule has 1 N–H and O–H groups in total. The molecule has 0 aliphatic rings. The Hall–Kier alpha value is -3.91. The highest BCUT2D eigenvalue weighted by atomic mass is 32.2. The minimum absolute atomic E-state index is 0.190. The number of rotatable bonds is 6. The number of amides is 1. The van der Waals surface area contributed by atoms with E-state index in [2.05, 4.69) is 10.5 Å². The number of methoxy groups -OCH3 is 1. The molecule has 0 aliphatic heterocycles. The van der Waals surface area contributed by atoms with Crippen molar-refractivity contribution in [3.05, 3.63) is 96.2 Å². The Labute approximate surface area is 186 Å². The van der Waals surface area contributed by atoms with Crippen LogP contribution in [-0.2, 0) is 10.0 Å². The highest BCUT2D eigenvalue weighted by Gasteiger charge is 2.21. The van der Waals surface area contributed by atoms with Crippen molar-refractivity contribution in [2.45, 2.75) is 11.8 Å². The van der Waals surface area contributed by atoms with Crippen LogP contribution in [0.3, 0.4) is 0 Å². The monoisotopic (exact) mass is 447 g/mol. The van der Waals surface area contributed by atoms with E-state index in [1.807, 2.05) is 12.1 Å². The van der Waals surface area contributed by atoms with E-state index >= 15 is 0 Å². The number of benzene rings is 3. The average molecular weight is 448 g/mol. The molecule has 1 heterocycles. The highest BCUT2D eigenvalue weighted by Crippen LogP contribution is 2.26. The van der Waals surface area contributed by atoms with Gasteiger partial charge in [-0.15, -0.1) is 0 Å². The van der Waals surface area contributed by atoms with Crippen LogP contribution < -0.4 is 10.2 Å². The first kappa shape index (κ1) is 21.3. The van der Waals surface area contributed by atoms with Crippen LogP contribution in [0, 0.1) is 0 Å². The largest absolute Gasteiger partial charge is 0.497 e. The molecule has 0 bridgehead atoms. The number of nitrogens with zero attached hydrogens (tertiary/aromatic N) is 2. The number of para-hydroxylation sites is 1. The molecular formula is C24H21N3O4S. The zero-order chi connectivity index (χ0) is 22.7. The van der Waals surface area contributed by atoms with Gasteiger partial charge in [0.25, 0.3) is 15.9 Å². The van der Waals surface area contributed by atoms with Crippen molar-refractivity contribution in [2.24, 2.45) is 5.10 Å². The van der Waals surface area contributed by atoms with Crippen molar-refractivity contribution in [1.82, 2.24) is 9.40 Å². The summed E-state index contributed by atoms with van der Waals surface area (Å²) in [7, 11) is -2.24. The molecule has 4 rings (SSSR count). The van der Waals surface area contributed by atoms with Crippen molar-refractivity contribution in [3.8, 4) is 5.75 Å². The van der Waals surface area contributed by atoms with Gasteiger partial charge in [-0.25, -0.2) is 17.8 Å². The smallest absolute Gasteiger partial charge is 0.271 e. The topological polar surface area (TPSA) is 89.8 Å². The van der Waals surface area contributed by atoms with E-state index in [4.69, 9.17) is 4.74 Å². The first-order valence-electron chi connectivity index (χ1n) is 9.81. The fourth-order valence-electron chi connectivity index (χ4n) is 3.34. The van der Waals surface area contributed by atoms with E-state index in [0.717, 1.165) is 0 Å². The van der Waals surface area contributed by atoms with Gasteiger partial charge in [0.1, 0.15) is 5.75 Å². The number of hydrazone groups is 1. The number of nitrogens with one attached hydrogen (secondary N) is 1. The van der Waals surface area contributed by atoms with Crippen LogP contribution in [0.5, 0.6) is 5.75 Å². The summed E-state index contributed by atoms with van der Waals surface area (Å²) in [5.74, 6) is 0.265. The second-order valence-electron chi connectivity index (χ2n) is 7.04. The van der Waals surface area contributed by atoms with E-state index in [0.29, 0.717) is 33.5 Å². The molecule has 0 spiro atoms. The van der Waals surface area contributed by atoms with E-state index in [1.54, 1.807) is 80.8 Å². The molecule has 162 valence electrons. The van der Waals surface area contributed by atoms with Crippen molar-refractivity contribution >= 4 is 32.5 Å². The predicted octanol–water partition coefficient (Wildman–Crippen LogP) is 4.04. The van der Waals surface area contributed by atoms with Crippen molar-refractivity contribution in [1.29, 1.82) is 0 Å². The summed E-state index contributed by atoms with van der Waals surface area (Å²) in [4.78, 5) is 12.6. The van der Waals surface area contributed by atoms with Crippen LogP contribution in [0.15, 0.2) is 95.1 Å². The zero-order valence-corrected chi connectivity index (χ0v) is 18.3. The number of fused-ring (bicyclic) bond motifs is 1. The molecule has 32 heavy (non-hydrogen) atoms. The standard InChI is InChI=1S/C24H21N3O4S/c1-17(25-26-24(28)18-12-14-19(31-2)15-13-18)22-16-27(23-11-7-6-10-21(22)23)32(29,30)20-8-4-3-5-9-20/h3-16H,1-2H3,(H,26,28)/b25-17+. The lowest BCUT2D eigenvalue weighted by atomic mass is 10.1. The number of hydrogen-bond acceptors (Lipinski definition) is 5. The van der Waals surface area contributed by atoms with Gasteiger partial charge in [0.05, 0.1) is 23.2 Å². The van der Waals surface area contributed by atoms with Gasteiger partial charge < -0.3 is 4.74 Å². The molecule has 0 saturated carbocycles. The molecule has 4 aromatic rings. The highest BCUT2D eigenvalue weighted by molar-refractivity contribution is 7.90. The third-order valence-electron chi connectivity index (χ3n) is 5.05. The Balaban J connectivity index is 1.69. The number of carbonyl (C=O) groups is 1. The van der Waals surface area contributed by atoms with Gasteiger partial charge in [-0.05, 0) is 49.4 Å². The van der Waals surface area contributed by atoms with Crippen LogP contribution in [0.1, 0.15) is 22.8 Å². The maximum atomic E-state index is 13.2. The number of ether oxygens (including phenoxy) is 1. The lowest BCUT2D eigenvalue weighted by Gasteiger charge is -2.07. The molecule has 8 heteroatoms. The van der Waals surface area contributed by atoms with Crippen LogP contribution in [0.4, 0.5) is 0 Å². The maximum Gasteiger partial charge on any atom is 0.271 e. The molecule has 0 unspecified atom stereocenters. The molecule has 0 fully saturated rings. The van der Waals surface area contributed by atoms with Crippen molar-refractivity contribution in [3.63, 3.8) is 0 Å². The SMILES string of the molecule is COc1ccc(C(=O)N/N=C(\C)c2cn(S(=O)(=O)c3ccccc3)c3ccccc23)cc1. The second kappa shape index (κ2) is 8.68. The summed E-state index contributed by atoms with van der Waals surface area (Å²) in [5, 5.41) is 4.92. The van der Waals surface area contributed by atoms with E-state index in [1.165, 1.54) is 10.2 Å². The van der Waals surface area contributed by atoms with Gasteiger partial charge in [-0.1, -0.05) is 36.4 Å². The van der Waals surface area contributed by atoms with E-state index < -0.39 is 10.0 Å². The van der Waals surface area contributed by atoms with Crippen LogP contribution in [0.2, 0.25) is 0 Å². The minimum Gasteiger partial charge on any atom is -0.497 e. The first-order valence-corrected chi connectivity index (χ1v) is 11.3. The fraction of sp³-hybridized carbons (Fsp3) is 0.0833. The third kappa shape index (κ3) is 4.00.